The molecule has 0 fully saturated rings. The summed E-state index contributed by atoms with van der Waals surface area (Å²) in [4.78, 5) is 23.3. The van der Waals surface area contributed by atoms with Gasteiger partial charge in [0, 0.05) is 24.0 Å². The van der Waals surface area contributed by atoms with Crippen LogP contribution in [0.25, 0.3) is 0 Å². The number of carbonyl (C=O) groups is 2. The van der Waals surface area contributed by atoms with E-state index >= 15 is 0 Å². The van der Waals surface area contributed by atoms with E-state index < -0.39 is 12.4 Å². The Morgan fingerprint density at radius 1 is 0.963 bits per heavy atom. The molecule has 0 aromatic heterocycles. The van der Waals surface area contributed by atoms with Gasteiger partial charge in [0.15, 0.2) is 0 Å². The van der Waals surface area contributed by atoms with Gasteiger partial charge in [-0.25, -0.2) is 0 Å². The molecule has 9 heteroatoms. The number of anilines is 3. The van der Waals surface area contributed by atoms with Crippen LogP contribution in [0, 0.1) is 0 Å². The van der Waals surface area contributed by atoms with Gasteiger partial charge < -0.3 is 20.7 Å². The van der Waals surface area contributed by atoms with Gasteiger partial charge >= 0.3 is 6.36 Å². The predicted octanol–water partition coefficient (Wildman–Crippen LogP) is 3.98. The smallest absolute Gasteiger partial charge is 0.406 e. The number of halogens is 3. The number of ether oxygens (including phenoxy) is 1. The quantitative estimate of drug-likeness (QED) is 0.707. The first-order valence-electron chi connectivity index (χ1n) is 7.93. The number of hydrogen-bond donors (Lipinski definition) is 3. The summed E-state index contributed by atoms with van der Waals surface area (Å²) in [5, 5.41) is 8.21. The van der Waals surface area contributed by atoms with Crippen molar-refractivity contribution in [3.8, 4) is 5.75 Å². The van der Waals surface area contributed by atoms with Crippen LogP contribution in [0.2, 0.25) is 0 Å². The average molecular weight is 381 g/mol. The molecule has 6 nitrogen and oxygen atoms in total. The number of rotatable bonds is 6. The minimum atomic E-state index is -4.77. The van der Waals surface area contributed by atoms with Crippen LogP contribution in [0.15, 0.2) is 48.5 Å². The monoisotopic (exact) mass is 381 g/mol. The lowest BCUT2D eigenvalue weighted by Gasteiger charge is -2.16. The molecule has 0 radical (unpaired) electrons. The van der Waals surface area contributed by atoms with E-state index in [4.69, 9.17) is 0 Å². The predicted molar refractivity (Wildman–Crippen MR) is 95.6 cm³/mol. The van der Waals surface area contributed by atoms with Crippen LogP contribution in [0.3, 0.4) is 0 Å². The first-order valence-corrected chi connectivity index (χ1v) is 7.93. The van der Waals surface area contributed by atoms with Crippen LogP contribution in [-0.4, -0.2) is 24.2 Å². The molecule has 1 unspecified atom stereocenters. The lowest BCUT2D eigenvalue weighted by molar-refractivity contribution is -0.274. The minimum absolute atomic E-state index is 0.212. The molecule has 3 N–H and O–H groups in total. The normalized spacial score (nSPS) is 12.0. The van der Waals surface area contributed by atoms with Crippen molar-refractivity contribution in [3.63, 3.8) is 0 Å². The SMILES string of the molecule is CC(=O)Nc1cccc(NC(C)C(=O)Nc2ccc(OC(F)(F)F)cc2)c1. The number of amides is 2. The maximum absolute atomic E-state index is 12.2. The molecular formula is C18H18F3N3O3. The lowest BCUT2D eigenvalue weighted by atomic mass is 10.2. The fourth-order valence-electron chi connectivity index (χ4n) is 2.20. The minimum Gasteiger partial charge on any atom is -0.406 e. The third-order valence-corrected chi connectivity index (χ3v) is 3.31. The highest BCUT2D eigenvalue weighted by Gasteiger charge is 2.31. The number of nitrogens with one attached hydrogen (secondary N) is 3. The summed E-state index contributed by atoms with van der Waals surface area (Å²) >= 11 is 0. The molecule has 2 aromatic rings. The maximum Gasteiger partial charge on any atom is 0.573 e. The molecule has 0 saturated carbocycles. The van der Waals surface area contributed by atoms with Crippen molar-refractivity contribution in [1.29, 1.82) is 0 Å². The second-order valence-corrected chi connectivity index (χ2v) is 5.69. The summed E-state index contributed by atoms with van der Waals surface area (Å²) in [5.74, 6) is -0.971. The van der Waals surface area contributed by atoms with Crippen LogP contribution in [0.4, 0.5) is 30.2 Å². The van der Waals surface area contributed by atoms with Crippen molar-refractivity contribution < 1.29 is 27.5 Å². The van der Waals surface area contributed by atoms with Gasteiger partial charge in [-0.3, -0.25) is 9.59 Å². The van der Waals surface area contributed by atoms with E-state index in [0.29, 0.717) is 17.1 Å². The van der Waals surface area contributed by atoms with Crippen molar-refractivity contribution in [1.82, 2.24) is 0 Å². The highest BCUT2D eigenvalue weighted by molar-refractivity contribution is 5.96. The Morgan fingerprint density at radius 2 is 1.59 bits per heavy atom. The fraction of sp³-hybridized carbons (Fsp3) is 0.222. The maximum atomic E-state index is 12.2. The summed E-state index contributed by atoms with van der Waals surface area (Å²) in [6.07, 6.45) is -4.77. The van der Waals surface area contributed by atoms with Gasteiger partial charge in [-0.15, -0.1) is 13.2 Å². The van der Waals surface area contributed by atoms with Crippen molar-refractivity contribution in [3.05, 3.63) is 48.5 Å². The van der Waals surface area contributed by atoms with Crippen molar-refractivity contribution in [2.45, 2.75) is 26.3 Å². The van der Waals surface area contributed by atoms with Crippen molar-refractivity contribution in [2.75, 3.05) is 16.0 Å². The zero-order chi connectivity index (χ0) is 20.0. The molecule has 1 atom stereocenters. The Morgan fingerprint density at radius 3 is 2.19 bits per heavy atom. The summed E-state index contributed by atoms with van der Waals surface area (Å²) in [7, 11) is 0. The summed E-state index contributed by atoms with van der Waals surface area (Å²) < 4.78 is 40.2. The molecule has 0 aliphatic heterocycles. The largest absolute Gasteiger partial charge is 0.573 e. The summed E-state index contributed by atoms with van der Waals surface area (Å²) in [6.45, 7) is 3.02. The molecule has 0 heterocycles. The fourth-order valence-corrected chi connectivity index (χ4v) is 2.20. The van der Waals surface area contributed by atoms with Crippen LogP contribution in [0.5, 0.6) is 5.75 Å². The zero-order valence-corrected chi connectivity index (χ0v) is 14.6. The van der Waals surface area contributed by atoms with Crippen molar-refractivity contribution >= 4 is 28.9 Å². The molecule has 0 aliphatic rings. The molecule has 0 bridgehead atoms. The molecule has 0 aliphatic carbocycles. The van der Waals surface area contributed by atoms with E-state index in [-0.39, 0.29) is 17.6 Å². The molecular weight excluding hydrogens is 363 g/mol. The molecule has 2 rings (SSSR count). The van der Waals surface area contributed by atoms with Crippen LogP contribution in [0.1, 0.15) is 13.8 Å². The molecule has 0 spiro atoms. The van der Waals surface area contributed by atoms with E-state index in [0.717, 1.165) is 12.1 Å². The number of carbonyl (C=O) groups excluding carboxylic acids is 2. The van der Waals surface area contributed by atoms with Crippen LogP contribution in [-0.2, 0) is 9.59 Å². The first-order chi connectivity index (χ1) is 12.6. The molecule has 27 heavy (non-hydrogen) atoms. The van der Waals surface area contributed by atoms with E-state index in [2.05, 4.69) is 20.7 Å². The molecule has 0 saturated heterocycles. The van der Waals surface area contributed by atoms with Gasteiger partial charge in [-0.2, -0.15) is 0 Å². The molecule has 2 amide bonds. The highest BCUT2D eigenvalue weighted by atomic mass is 19.4. The Labute approximate surface area is 153 Å². The Bertz CT molecular complexity index is 807. The zero-order valence-electron chi connectivity index (χ0n) is 14.6. The van der Waals surface area contributed by atoms with Crippen molar-refractivity contribution in [2.24, 2.45) is 0 Å². The third kappa shape index (κ3) is 6.89. The topological polar surface area (TPSA) is 79.5 Å². The first kappa shape index (κ1) is 20.1. The molecule has 2 aromatic carbocycles. The lowest BCUT2D eigenvalue weighted by Crippen LogP contribution is -2.31. The standard InChI is InChI=1S/C18H18F3N3O3/c1-11(22-14-4-3-5-15(10-14)23-12(2)25)17(26)24-13-6-8-16(9-7-13)27-18(19,20)21/h3-11,22H,1-2H3,(H,23,25)(H,24,26). The Balaban J connectivity index is 1.94. The van der Waals surface area contributed by atoms with E-state index in [1.54, 1.807) is 31.2 Å². The Kier molecular flexibility index (Phi) is 6.27. The summed E-state index contributed by atoms with van der Waals surface area (Å²) in [6, 6.07) is 11.0. The van der Waals surface area contributed by atoms with Crippen LogP contribution < -0.4 is 20.7 Å². The molecule has 144 valence electrons. The number of alkyl halides is 3. The third-order valence-electron chi connectivity index (χ3n) is 3.31. The Hall–Kier alpha value is -3.23. The van der Waals surface area contributed by atoms with E-state index in [1.807, 2.05) is 0 Å². The van der Waals surface area contributed by atoms with Gasteiger partial charge in [0.1, 0.15) is 11.8 Å². The number of benzene rings is 2. The highest BCUT2D eigenvalue weighted by Crippen LogP contribution is 2.24. The average Bonchev–Trinajstić information content (AvgIpc) is 2.55. The van der Waals surface area contributed by atoms with Gasteiger partial charge in [0.25, 0.3) is 0 Å². The summed E-state index contributed by atoms with van der Waals surface area (Å²) in [5.41, 5.74) is 1.54. The van der Waals surface area contributed by atoms with Crippen LogP contribution >= 0.6 is 0 Å². The van der Waals surface area contributed by atoms with E-state index in [9.17, 15) is 22.8 Å². The van der Waals surface area contributed by atoms with Gasteiger partial charge in [0.2, 0.25) is 11.8 Å². The van der Waals surface area contributed by atoms with E-state index in [1.165, 1.54) is 19.1 Å². The number of hydrogen-bond acceptors (Lipinski definition) is 4. The second kappa shape index (κ2) is 8.43. The van der Waals surface area contributed by atoms with Gasteiger partial charge in [-0.1, -0.05) is 6.07 Å². The second-order valence-electron chi connectivity index (χ2n) is 5.69. The van der Waals surface area contributed by atoms with Gasteiger partial charge in [0.05, 0.1) is 0 Å². The van der Waals surface area contributed by atoms with Gasteiger partial charge in [-0.05, 0) is 49.4 Å².